The van der Waals surface area contributed by atoms with Crippen molar-refractivity contribution < 1.29 is 9.18 Å². The van der Waals surface area contributed by atoms with Crippen molar-refractivity contribution in [2.24, 2.45) is 0 Å². The molecule has 0 spiro atoms. The smallest absolute Gasteiger partial charge is 0.246 e. The standard InChI is InChI=1S/C23H17FN6OS/c1-14-5-4-8-20(26-14)23-16(15-9-10-19-21(11-15)29-32-28-19)12-25-30(23)13-22(31)27-18-7-3-2-6-17(18)24/h2-12H,13H2,1H3,(H,27,31). The molecular weight excluding hydrogens is 427 g/mol. The zero-order valence-corrected chi connectivity index (χ0v) is 17.8. The lowest BCUT2D eigenvalue weighted by Crippen LogP contribution is -2.20. The van der Waals surface area contributed by atoms with Gasteiger partial charge in [-0.15, -0.1) is 0 Å². The Morgan fingerprint density at radius 2 is 1.91 bits per heavy atom. The number of carbonyl (C=O) groups is 1. The molecule has 2 aromatic carbocycles. The number of carbonyl (C=O) groups excluding carboxylic acids is 1. The summed E-state index contributed by atoms with van der Waals surface area (Å²) in [6.07, 6.45) is 1.71. The third-order valence-corrected chi connectivity index (χ3v) is 5.53. The second kappa shape index (κ2) is 8.27. The maximum absolute atomic E-state index is 13.9. The van der Waals surface area contributed by atoms with Crippen LogP contribution in [0.2, 0.25) is 0 Å². The minimum absolute atomic E-state index is 0.0974. The van der Waals surface area contributed by atoms with Gasteiger partial charge in [0.15, 0.2) is 0 Å². The zero-order valence-electron chi connectivity index (χ0n) is 17.0. The van der Waals surface area contributed by atoms with Gasteiger partial charge in [-0.1, -0.05) is 24.3 Å². The van der Waals surface area contributed by atoms with Gasteiger partial charge in [-0.3, -0.25) is 14.5 Å². The van der Waals surface area contributed by atoms with E-state index in [2.05, 4.69) is 24.1 Å². The van der Waals surface area contributed by atoms with E-state index in [1.165, 1.54) is 12.1 Å². The Balaban J connectivity index is 1.55. The second-order valence-electron chi connectivity index (χ2n) is 7.22. The number of amides is 1. The molecule has 0 bridgehead atoms. The number of nitrogens with zero attached hydrogens (tertiary/aromatic N) is 5. The van der Waals surface area contributed by atoms with Gasteiger partial charge in [-0.05, 0) is 48.9 Å². The number of hydrogen-bond donors (Lipinski definition) is 1. The van der Waals surface area contributed by atoms with Crippen molar-refractivity contribution in [1.82, 2.24) is 23.5 Å². The van der Waals surface area contributed by atoms with Crippen LogP contribution in [0.3, 0.4) is 0 Å². The van der Waals surface area contributed by atoms with E-state index in [9.17, 15) is 9.18 Å². The van der Waals surface area contributed by atoms with Crippen LogP contribution >= 0.6 is 11.7 Å². The van der Waals surface area contributed by atoms with Crippen molar-refractivity contribution in [3.05, 3.63) is 78.4 Å². The molecule has 158 valence electrons. The molecule has 1 amide bonds. The summed E-state index contributed by atoms with van der Waals surface area (Å²) >= 11 is 1.16. The number of halogens is 1. The van der Waals surface area contributed by atoms with E-state index in [-0.39, 0.29) is 12.2 Å². The zero-order chi connectivity index (χ0) is 22.1. The van der Waals surface area contributed by atoms with E-state index in [1.807, 2.05) is 43.3 Å². The molecule has 0 atom stereocenters. The summed E-state index contributed by atoms with van der Waals surface area (Å²) in [5.74, 6) is -0.884. The third-order valence-electron chi connectivity index (χ3n) is 4.98. The number of anilines is 1. The van der Waals surface area contributed by atoms with Gasteiger partial charge >= 0.3 is 0 Å². The highest BCUT2D eigenvalue weighted by atomic mass is 32.1. The van der Waals surface area contributed by atoms with Crippen molar-refractivity contribution in [2.75, 3.05) is 5.32 Å². The predicted molar refractivity (Wildman–Crippen MR) is 122 cm³/mol. The summed E-state index contributed by atoms with van der Waals surface area (Å²) < 4.78 is 24.1. The Labute approximate surface area is 186 Å². The van der Waals surface area contributed by atoms with Crippen LogP contribution in [-0.2, 0) is 11.3 Å². The lowest BCUT2D eigenvalue weighted by atomic mass is 10.0. The molecule has 5 aromatic rings. The van der Waals surface area contributed by atoms with Crippen LogP contribution in [-0.4, -0.2) is 29.4 Å². The lowest BCUT2D eigenvalue weighted by Gasteiger charge is -2.11. The number of fused-ring (bicyclic) bond motifs is 1. The highest BCUT2D eigenvalue weighted by Gasteiger charge is 2.19. The monoisotopic (exact) mass is 444 g/mol. The number of nitrogens with one attached hydrogen (secondary N) is 1. The van der Waals surface area contributed by atoms with Gasteiger partial charge in [0, 0.05) is 11.3 Å². The van der Waals surface area contributed by atoms with Gasteiger partial charge in [0.05, 0.1) is 35.0 Å². The first-order chi connectivity index (χ1) is 15.6. The van der Waals surface area contributed by atoms with E-state index in [0.29, 0.717) is 11.4 Å². The summed E-state index contributed by atoms with van der Waals surface area (Å²) in [4.78, 5) is 17.3. The van der Waals surface area contributed by atoms with Gasteiger partial charge in [0.2, 0.25) is 5.91 Å². The lowest BCUT2D eigenvalue weighted by molar-refractivity contribution is -0.116. The maximum atomic E-state index is 13.9. The average Bonchev–Trinajstić information content (AvgIpc) is 3.41. The van der Waals surface area contributed by atoms with Crippen LogP contribution in [0.15, 0.2) is 66.9 Å². The molecule has 32 heavy (non-hydrogen) atoms. The molecule has 3 aromatic heterocycles. The quantitative estimate of drug-likeness (QED) is 0.425. The van der Waals surface area contributed by atoms with Crippen molar-refractivity contribution in [3.63, 3.8) is 0 Å². The highest BCUT2D eigenvalue weighted by molar-refractivity contribution is 7.00. The van der Waals surface area contributed by atoms with Crippen molar-refractivity contribution in [1.29, 1.82) is 0 Å². The van der Waals surface area contributed by atoms with Crippen LogP contribution < -0.4 is 5.32 Å². The maximum Gasteiger partial charge on any atom is 0.246 e. The van der Waals surface area contributed by atoms with E-state index in [4.69, 9.17) is 0 Å². The number of para-hydroxylation sites is 1. The van der Waals surface area contributed by atoms with Crippen LogP contribution in [0, 0.1) is 12.7 Å². The fourth-order valence-electron chi connectivity index (χ4n) is 3.50. The largest absolute Gasteiger partial charge is 0.322 e. The van der Waals surface area contributed by atoms with Crippen LogP contribution in [0.1, 0.15) is 5.69 Å². The molecule has 0 aliphatic heterocycles. The Morgan fingerprint density at radius 1 is 1.06 bits per heavy atom. The van der Waals surface area contributed by atoms with E-state index < -0.39 is 11.7 Å². The van der Waals surface area contributed by atoms with E-state index in [1.54, 1.807) is 23.0 Å². The van der Waals surface area contributed by atoms with Gasteiger partial charge < -0.3 is 5.32 Å². The van der Waals surface area contributed by atoms with E-state index in [0.717, 1.165) is 39.6 Å². The van der Waals surface area contributed by atoms with Crippen molar-refractivity contribution in [2.45, 2.75) is 13.5 Å². The number of pyridine rings is 1. The molecule has 0 fully saturated rings. The minimum atomic E-state index is -0.493. The topological polar surface area (TPSA) is 85.6 Å². The highest BCUT2D eigenvalue weighted by Crippen LogP contribution is 2.33. The van der Waals surface area contributed by atoms with Crippen molar-refractivity contribution >= 4 is 34.4 Å². The first-order valence-corrected chi connectivity index (χ1v) is 10.6. The fourth-order valence-corrected chi connectivity index (χ4v) is 4.02. The number of rotatable bonds is 5. The van der Waals surface area contributed by atoms with Gasteiger partial charge in [-0.2, -0.15) is 13.8 Å². The average molecular weight is 444 g/mol. The van der Waals surface area contributed by atoms with Gasteiger partial charge in [0.1, 0.15) is 23.4 Å². The SMILES string of the molecule is Cc1cccc(-c2c(-c3ccc4nsnc4c3)cnn2CC(=O)Nc2ccccc2F)n1. The molecule has 0 saturated carbocycles. The molecule has 1 N–H and O–H groups in total. The molecule has 0 saturated heterocycles. The van der Waals surface area contributed by atoms with E-state index >= 15 is 0 Å². The molecule has 0 radical (unpaired) electrons. The molecule has 0 aliphatic carbocycles. The molecule has 7 nitrogen and oxygen atoms in total. The third kappa shape index (κ3) is 3.85. The molecular formula is C23H17FN6OS. The first kappa shape index (κ1) is 20.0. The Hall–Kier alpha value is -3.98. The van der Waals surface area contributed by atoms with Crippen molar-refractivity contribution in [3.8, 4) is 22.5 Å². The van der Waals surface area contributed by atoms with Crippen LogP contribution in [0.25, 0.3) is 33.5 Å². The predicted octanol–water partition coefficient (Wildman–Crippen LogP) is 4.70. The summed E-state index contributed by atoms with van der Waals surface area (Å²) in [6.45, 7) is 1.81. The Bertz CT molecular complexity index is 1440. The number of benzene rings is 2. The number of aromatic nitrogens is 5. The molecule has 5 rings (SSSR count). The Kier molecular flexibility index (Phi) is 5.16. The summed E-state index contributed by atoms with van der Waals surface area (Å²) in [7, 11) is 0. The molecule has 3 heterocycles. The number of aryl methyl sites for hydroxylation is 1. The summed E-state index contributed by atoms with van der Waals surface area (Å²) in [6, 6.07) is 17.5. The van der Waals surface area contributed by atoms with Gasteiger partial charge in [-0.25, -0.2) is 4.39 Å². The van der Waals surface area contributed by atoms with Crippen LogP contribution in [0.5, 0.6) is 0 Å². The first-order valence-electron chi connectivity index (χ1n) is 9.85. The molecule has 0 unspecified atom stereocenters. The van der Waals surface area contributed by atoms with Gasteiger partial charge in [0.25, 0.3) is 0 Å². The summed E-state index contributed by atoms with van der Waals surface area (Å²) in [5, 5.41) is 7.07. The Morgan fingerprint density at radius 3 is 2.75 bits per heavy atom. The molecule has 0 aliphatic rings. The minimum Gasteiger partial charge on any atom is -0.322 e. The summed E-state index contributed by atoms with van der Waals surface area (Å²) in [5.41, 5.74) is 5.68. The number of hydrogen-bond acceptors (Lipinski definition) is 6. The molecule has 9 heteroatoms. The normalized spacial score (nSPS) is 11.1. The fraction of sp³-hybridized carbons (Fsp3) is 0.0870. The second-order valence-corrected chi connectivity index (χ2v) is 7.75. The van der Waals surface area contributed by atoms with Crippen LogP contribution in [0.4, 0.5) is 10.1 Å².